The van der Waals surface area contributed by atoms with Gasteiger partial charge in [0.1, 0.15) is 0 Å². The summed E-state index contributed by atoms with van der Waals surface area (Å²) < 4.78 is 52.5. The van der Waals surface area contributed by atoms with Gasteiger partial charge < -0.3 is 10.6 Å². The summed E-state index contributed by atoms with van der Waals surface area (Å²) in [5, 5.41) is 5.33. The van der Waals surface area contributed by atoms with Crippen LogP contribution in [0.4, 0.5) is 23.5 Å². The summed E-state index contributed by atoms with van der Waals surface area (Å²) >= 11 is 11.4. The molecular weight excluding hydrogens is 387 g/mol. The molecule has 0 fully saturated rings. The lowest BCUT2D eigenvalue weighted by Gasteiger charge is -2.08. The number of nitrogens with one attached hydrogen (secondary N) is 2. The van der Waals surface area contributed by atoms with Gasteiger partial charge in [-0.3, -0.25) is 4.79 Å². The molecule has 0 saturated heterocycles. The van der Waals surface area contributed by atoms with Crippen LogP contribution in [0.1, 0.15) is 16.8 Å². The van der Waals surface area contributed by atoms with E-state index in [1.807, 2.05) is 0 Å². The van der Waals surface area contributed by atoms with Gasteiger partial charge in [-0.25, -0.2) is 22.5 Å². The Hall–Kier alpha value is -2.13. The monoisotopic (exact) mass is 396 g/mol. The molecule has 134 valence electrons. The van der Waals surface area contributed by atoms with E-state index >= 15 is 0 Å². The fourth-order valence-electron chi connectivity index (χ4n) is 1.76. The van der Waals surface area contributed by atoms with Gasteiger partial charge >= 0.3 is 0 Å². The molecule has 1 aromatic carbocycles. The van der Waals surface area contributed by atoms with Crippen molar-refractivity contribution in [3.05, 3.63) is 51.3 Å². The number of anilines is 1. The Balaban J connectivity index is 1.84. The number of halogens is 6. The van der Waals surface area contributed by atoms with Crippen molar-refractivity contribution in [2.75, 3.05) is 18.4 Å². The maximum absolute atomic E-state index is 13.5. The number of nitrogens with zero attached hydrogens (tertiary/aromatic N) is 2. The second-order valence-corrected chi connectivity index (χ2v) is 5.48. The maximum Gasteiger partial charge on any atom is 0.254 e. The van der Waals surface area contributed by atoms with E-state index in [-0.39, 0.29) is 22.7 Å². The van der Waals surface area contributed by atoms with Crippen molar-refractivity contribution >= 4 is 35.1 Å². The topological polar surface area (TPSA) is 66.9 Å². The molecule has 0 spiro atoms. The van der Waals surface area contributed by atoms with Crippen LogP contribution in [0.3, 0.4) is 0 Å². The van der Waals surface area contributed by atoms with Crippen molar-refractivity contribution < 1.29 is 22.4 Å². The van der Waals surface area contributed by atoms with E-state index in [0.717, 1.165) is 0 Å². The molecule has 0 bridgehead atoms. The summed E-state index contributed by atoms with van der Waals surface area (Å²) in [6.45, 7) is 0.361. The van der Waals surface area contributed by atoms with Crippen molar-refractivity contribution in [1.82, 2.24) is 15.3 Å². The molecule has 1 aromatic heterocycles. The van der Waals surface area contributed by atoms with Gasteiger partial charge in [-0.15, -0.1) is 0 Å². The fraction of sp³-hybridized carbons (Fsp3) is 0.214. The average Bonchev–Trinajstić information content (AvgIpc) is 2.58. The molecule has 5 nitrogen and oxygen atoms in total. The van der Waals surface area contributed by atoms with E-state index in [4.69, 9.17) is 23.2 Å². The van der Waals surface area contributed by atoms with Gasteiger partial charge in [0.25, 0.3) is 5.91 Å². The zero-order valence-electron chi connectivity index (χ0n) is 12.3. The van der Waals surface area contributed by atoms with Crippen LogP contribution in [0.2, 0.25) is 10.2 Å². The summed E-state index contributed by atoms with van der Waals surface area (Å²) in [5.74, 6) is -8.26. The molecular formula is C14H10Cl2F4N4O. The number of rotatable bonds is 6. The summed E-state index contributed by atoms with van der Waals surface area (Å²) in [6.07, 6.45) is 1.66. The molecule has 2 rings (SSSR count). The van der Waals surface area contributed by atoms with Crippen LogP contribution in [-0.4, -0.2) is 29.0 Å². The number of amides is 1. The predicted molar refractivity (Wildman–Crippen MR) is 83.8 cm³/mol. The first-order chi connectivity index (χ1) is 11.8. The first-order valence-electron chi connectivity index (χ1n) is 6.84. The summed E-state index contributed by atoms with van der Waals surface area (Å²) in [4.78, 5) is 19.4. The predicted octanol–water partition coefficient (Wildman–Crippen LogP) is 3.57. The van der Waals surface area contributed by atoms with Gasteiger partial charge in [-0.2, -0.15) is 4.98 Å². The van der Waals surface area contributed by atoms with Crippen LogP contribution >= 0.6 is 23.2 Å². The highest BCUT2D eigenvalue weighted by atomic mass is 35.5. The molecule has 0 unspecified atom stereocenters. The Bertz CT molecular complexity index is 807. The second kappa shape index (κ2) is 8.30. The van der Waals surface area contributed by atoms with Gasteiger partial charge in [-0.1, -0.05) is 23.2 Å². The molecule has 0 radical (unpaired) electrons. The Morgan fingerprint density at radius 3 is 2.48 bits per heavy atom. The molecule has 0 aliphatic rings. The number of carbonyl (C=O) groups excluding carboxylic acids is 1. The van der Waals surface area contributed by atoms with Gasteiger partial charge in [0.2, 0.25) is 5.95 Å². The minimum Gasteiger partial charge on any atom is -0.354 e. The van der Waals surface area contributed by atoms with Crippen molar-refractivity contribution in [3.8, 4) is 0 Å². The van der Waals surface area contributed by atoms with Crippen LogP contribution in [0.5, 0.6) is 0 Å². The van der Waals surface area contributed by atoms with Gasteiger partial charge in [-0.05, 0) is 12.5 Å². The van der Waals surface area contributed by atoms with E-state index in [1.165, 1.54) is 6.20 Å². The zero-order chi connectivity index (χ0) is 18.6. The minimum atomic E-state index is -2.04. The third-order valence-electron chi connectivity index (χ3n) is 2.97. The number of benzene rings is 1. The van der Waals surface area contributed by atoms with E-state index in [2.05, 4.69) is 20.6 Å². The molecule has 0 aliphatic carbocycles. The molecule has 25 heavy (non-hydrogen) atoms. The fourth-order valence-corrected chi connectivity index (χ4v) is 1.98. The lowest BCUT2D eigenvalue weighted by Crippen LogP contribution is -2.27. The second-order valence-electron chi connectivity index (χ2n) is 4.72. The average molecular weight is 397 g/mol. The molecule has 0 saturated carbocycles. The molecule has 0 atom stereocenters. The standard InChI is InChI=1S/C14H10Cl2F4N4O/c15-7-5-23-14(24-12(7)16)22-3-1-2-21-13(25)6-4-8(17)10(19)11(20)9(6)18/h4-5H,1-3H2,(H,21,25)(H,22,23,24). The number of hydrogen-bond donors (Lipinski definition) is 2. The van der Waals surface area contributed by atoms with Crippen molar-refractivity contribution in [2.24, 2.45) is 0 Å². The first kappa shape index (κ1) is 19.2. The maximum atomic E-state index is 13.5. The van der Waals surface area contributed by atoms with Gasteiger partial charge in [0, 0.05) is 13.1 Å². The van der Waals surface area contributed by atoms with Gasteiger partial charge in [0.05, 0.1) is 16.8 Å². The van der Waals surface area contributed by atoms with Crippen molar-refractivity contribution in [3.63, 3.8) is 0 Å². The van der Waals surface area contributed by atoms with Crippen LogP contribution < -0.4 is 10.6 Å². The lowest BCUT2D eigenvalue weighted by molar-refractivity contribution is 0.0947. The Morgan fingerprint density at radius 2 is 1.80 bits per heavy atom. The third kappa shape index (κ3) is 4.70. The van der Waals surface area contributed by atoms with E-state index < -0.39 is 34.7 Å². The SMILES string of the molecule is O=C(NCCCNc1ncc(Cl)c(Cl)n1)c1cc(F)c(F)c(F)c1F. The number of aromatic nitrogens is 2. The van der Waals surface area contributed by atoms with Crippen LogP contribution in [-0.2, 0) is 0 Å². The normalized spacial score (nSPS) is 10.6. The van der Waals surface area contributed by atoms with E-state index in [0.29, 0.717) is 19.0 Å². The number of hydrogen-bond acceptors (Lipinski definition) is 4. The quantitative estimate of drug-likeness (QED) is 0.257. The molecule has 2 N–H and O–H groups in total. The molecule has 1 heterocycles. The first-order valence-corrected chi connectivity index (χ1v) is 7.60. The summed E-state index contributed by atoms with van der Waals surface area (Å²) in [6, 6.07) is 0.297. The largest absolute Gasteiger partial charge is 0.354 e. The van der Waals surface area contributed by atoms with E-state index in [9.17, 15) is 22.4 Å². The van der Waals surface area contributed by atoms with E-state index in [1.54, 1.807) is 0 Å². The van der Waals surface area contributed by atoms with Crippen LogP contribution in [0.25, 0.3) is 0 Å². The van der Waals surface area contributed by atoms with Crippen molar-refractivity contribution in [2.45, 2.75) is 6.42 Å². The Morgan fingerprint density at radius 1 is 1.08 bits per heavy atom. The lowest BCUT2D eigenvalue weighted by atomic mass is 10.1. The van der Waals surface area contributed by atoms with Crippen molar-refractivity contribution in [1.29, 1.82) is 0 Å². The number of carbonyl (C=O) groups is 1. The Kier molecular flexibility index (Phi) is 6.38. The highest BCUT2D eigenvalue weighted by Gasteiger charge is 2.22. The minimum absolute atomic E-state index is 0.0488. The van der Waals surface area contributed by atoms with Crippen LogP contribution in [0.15, 0.2) is 12.3 Å². The van der Waals surface area contributed by atoms with Crippen LogP contribution in [0, 0.1) is 23.3 Å². The van der Waals surface area contributed by atoms with Gasteiger partial charge in [0.15, 0.2) is 28.4 Å². The highest BCUT2D eigenvalue weighted by Crippen LogP contribution is 2.19. The molecule has 11 heteroatoms. The third-order valence-corrected chi connectivity index (χ3v) is 3.63. The highest BCUT2D eigenvalue weighted by molar-refractivity contribution is 6.41. The molecule has 0 aliphatic heterocycles. The summed E-state index contributed by atoms with van der Waals surface area (Å²) in [7, 11) is 0. The summed E-state index contributed by atoms with van der Waals surface area (Å²) in [5.41, 5.74) is -0.919. The Labute approximate surface area is 149 Å². The molecule has 2 aromatic rings. The molecule has 1 amide bonds. The zero-order valence-corrected chi connectivity index (χ0v) is 13.9. The smallest absolute Gasteiger partial charge is 0.254 e.